The van der Waals surface area contributed by atoms with E-state index in [4.69, 9.17) is 15.6 Å². The van der Waals surface area contributed by atoms with Gasteiger partial charge in [-0.15, -0.1) is 0 Å². The number of nitrogens with two attached hydrogens (primary N) is 1. The molecular weight excluding hydrogens is 423 g/mol. The van der Waals surface area contributed by atoms with Crippen molar-refractivity contribution in [3.8, 4) is 16.9 Å². The van der Waals surface area contributed by atoms with Crippen LogP contribution in [-0.2, 0) is 24.0 Å². The van der Waals surface area contributed by atoms with Crippen LogP contribution in [0.4, 0.5) is 13.2 Å². The summed E-state index contributed by atoms with van der Waals surface area (Å²) < 4.78 is 46.3. The molecule has 0 aliphatic carbocycles. The predicted octanol–water partition coefficient (Wildman–Crippen LogP) is 4.57. The number of alkyl halides is 3. The van der Waals surface area contributed by atoms with Gasteiger partial charge in [-0.1, -0.05) is 36.4 Å². The third-order valence-corrected chi connectivity index (χ3v) is 4.87. The highest BCUT2D eigenvalue weighted by Crippen LogP contribution is 2.34. The Hall–Kier alpha value is -3.36. The molecule has 3 rings (SSSR count). The standard InChI is InChI=1S/C24H22F3NO4/c25-24(26,27)20-9-15(14-32-22-7-2-1-4-18(22)12-23(30)31)8-19(11-20)16-5-3-6-17(10-16)21(28)13-29/h1-11,21,29H,12-14,28H2,(H,30,31)/t21-/m1/s1. The number of benzene rings is 3. The van der Waals surface area contributed by atoms with Crippen molar-refractivity contribution in [2.24, 2.45) is 5.73 Å². The Morgan fingerprint density at radius 1 is 1.00 bits per heavy atom. The summed E-state index contributed by atoms with van der Waals surface area (Å²) in [5.74, 6) is -0.742. The molecule has 0 amide bonds. The van der Waals surface area contributed by atoms with Crippen molar-refractivity contribution in [2.45, 2.75) is 25.2 Å². The average Bonchev–Trinajstić information content (AvgIpc) is 2.77. The number of aliphatic hydroxyl groups is 1. The van der Waals surface area contributed by atoms with Gasteiger partial charge in [-0.2, -0.15) is 13.2 Å². The summed E-state index contributed by atoms with van der Waals surface area (Å²) in [6, 6.07) is 16.2. The molecule has 3 aromatic rings. The number of hydrogen-bond donors (Lipinski definition) is 3. The highest BCUT2D eigenvalue weighted by Gasteiger charge is 2.31. The summed E-state index contributed by atoms with van der Waals surface area (Å²) >= 11 is 0. The van der Waals surface area contributed by atoms with Gasteiger partial charge in [-0.05, 0) is 52.6 Å². The number of ether oxygens (including phenoxy) is 1. The lowest BCUT2D eigenvalue weighted by Gasteiger charge is -2.15. The fraction of sp³-hybridized carbons (Fsp3) is 0.208. The SMILES string of the molecule is N[C@H](CO)c1cccc(-c2cc(COc3ccccc3CC(=O)O)cc(C(F)(F)F)c2)c1. The van der Waals surface area contributed by atoms with E-state index < -0.39 is 23.8 Å². The molecule has 0 spiro atoms. The summed E-state index contributed by atoms with van der Waals surface area (Å²) in [6.07, 6.45) is -4.83. The molecule has 0 saturated carbocycles. The third kappa shape index (κ3) is 5.87. The van der Waals surface area contributed by atoms with E-state index in [1.54, 1.807) is 54.6 Å². The summed E-state index contributed by atoms with van der Waals surface area (Å²) in [6.45, 7) is -0.468. The van der Waals surface area contributed by atoms with Crippen molar-refractivity contribution in [1.82, 2.24) is 0 Å². The minimum absolute atomic E-state index is 0.177. The molecule has 3 aromatic carbocycles. The van der Waals surface area contributed by atoms with Crippen LogP contribution in [0, 0.1) is 0 Å². The molecule has 1 atom stereocenters. The van der Waals surface area contributed by atoms with Gasteiger partial charge in [0.25, 0.3) is 0 Å². The van der Waals surface area contributed by atoms with Crippen LogP contribution in [0.3, 0.4) is 0 Å². The van der Waals surface area contributed by atoms with Crippen molar-refractivity contribution in [3.63, 3.8) is 0 Å². The Labute approximate surface area is 182 Å². The van der Waals surface area contributed by atoms with Gasteiger partial charge >= 0.3 is 12.1 Å². The molecule has 0 radical (unpaired) electrons. The molecular formula is C24H22F3NO4. The lowest BCUT2D eigenvalue weighted by atomic mass is 9.96. The van der Waals surface area contributed by atoms with E-state index in [0.717, 1.165) is 12.1 Å². The maximum absolute atomic E-state index is 13.5. The van der Waals surface area contributed by atoms with E-state index in [1.165, 1.54) is 0 Å². The molecule has 0 aliphatic rings. The van der Waals surface area contributed by atoms with E-state index in [-0.39, 0.29) is 25.2 Å². The number of para-hydroxylation sites is 1. The average molecular weight is 445 g/mol. The fourth-order valence-electron chi connectivity index (χ4n) is 3.27. The first-order valence-electron chi connectivity index (χ1n) is 9.78. The van der Waals surface area contributed by atoms with Crippen LogP contribution in [0.15, 0.2) is 66.7 Å². The Kier molecular flexibility index (Phi) is 7.17. The van der Waals surface area contributed by atoms with Gasteiger partial charge in [0.2, 0.25) is 0 Å². The maximum atomic E-state index is 13.5. The topological polar surface area (TPSA) is 92.8 Å². The zero-order chi connectivity index (χ0) is 23.3. The van der Waals surface area contributed by atoms with E-state index in [0.29, 0.717) is 28.0 Å². The van der Waals surface area contributed by atoms with Crippen LogP contribution in [0.1, 0.15) is 28.3 Å². The molecule has 0 aromatic heterocycles. The first-order chi connectivity index (χ1) is 15.2. The van der Waals surface area contributed by atoms with Gasteiger partial charge in [0.05, 0.1) is 24.6 Å². The largest absolute Gasteiger partial charge is 0.489 e. The maximum Gasteiger partial charge on any atom is 0.416 e. The molecule has 32 heavy (non-hydrogen) atoms. The summed E-state index contributed by atoms with van der Waals surface area (Å²) in [5, 5.41) is 18.3. The first-order valence-corrected chi connectivity index (χ1v) is 9.78. The molecule has 0 heterocycles. The number of rotatable bonds is 8. The monoisotopic (exact) mass is 445 g/mol. The molecule has 0 bridgehead atoms. The molecule has 0 aliphatic heterocycles. The van der Waals surface area contributed by atoms with Crippen LogP contribution in [0.25, 0.3) is 11.1 Å². The Morgan fingerprint density at radius 2 is 1.75 bits per heavy atom. The highest BCUT2D eigenvalue weighted by molar-refractivity contribution is 5.71. The molecule has 0 fully saturated rings. The summed E-state index contributed by atoms with van der Waals surface area (Å²) in [4.78, 5) is 11.0. The second-order valence-corrected chi connectivity index (χ2v) is 7.30. The second-order valence-electron chi connectivity index (χ2n) is 7.30. The predicted molar refractivity (Wildman–Crippen MR) is 113 cm³/mol. The Morgan fingerprint density at radius 3 is 2.44 bits per heavy atom. The van der Waals surface area contributed by atoms with Crippen molar-refractivity contribution >= 4 is 5.97 Å². The molecule has 168 valence electrons. The highest BCUT2D eigenvalue weighted by atomic mass is 19.4. The Balaban J connectivity index is 1.95. The first kappa shape index (κ1) is 23.3. The number of aliphatic hydroxyl groups excluding tert-OH is 1. The van der Waals surface area contributed by atoms with Gasteiger partial charge in [-0.25, -0.2) is 0 Å². The van der Waals surface area contributed by atoms with Crippen LogP contribution in [-0.4, -0.2) is 22.8 Å². The molecule has 0 saturated heterocycles. The normalized spacial score (nSPS) is 12.4. The minimum atomic E-state index is -4.56. The van der Waals surface area contributed by atoms with Gasteiger partial charge < -0.3 is 20.7 Å². The lowest BCUT2D eigenvalue weighted by molar-refractivity contribution is -0.138. The zero-order valence-electron chi connectivity index (χ0n) is 17.0. The van der Waals surface area contributed by atoms with E-state index in [9.17, 15) is 23.1 Å². The minimum Gasteiger partial charge on any atom is -0.489 e. The van der Waals surface area contributed by atoms with Crippen molar-refractivity contribution < 1.29 is 32.9 Å². The summed E-state index contributed by atoms with van der Waals surface area (Å²) in [5.41, 5.74) is 7.15. The van der Waals surface area contributed by atoms with E-state index >= 15 is 0 Å². The van der Waals surface area contributed by atoms with Crippen LogP contribution in [0.2, 0.25) is 0 Å². The van der Waals surface area contributed by atoms with E-state index in [1.807, 2.05) is 0 Å². The number of halogens is 3. The van der Waals surface area contributed by atoms with Crippen molar-refractivity contribution in [3.05, 3.63) is 89.0 Å². The van der Waals surface area contributed by atoms with Gasteiger partial charge in [0, 0.05) is 5.56 Å². The van der Waals surface area contributed by atoms with Crippen molar-refractivity contribution in [1.29, 1.82) is 0 Å². The molecule has 4 N–H and O–H groups in total. The van der Waals surface area contributed by atoms with Crippen molar-refractivity contribution in [2.75, 3.05) is 6.61 Å². The van der Waals surface area contributed by atoms with Gasteiger partial charge in [0.15, 0.2) is 0 Å². The van der Waals surface area contributed by atoms with Crippen LogP contribution in [0.5, 0.6) is 5.75 Å². The number of carboxylic acids is 1. The number of carboxylic acid groups (broad SMARTS) is 1. The van der Waals surface area contributed by atoms with E-state index in [2.05, 4.69) is 0 Å². The zero-order valence-corrected chi connectivity index (χ0v) is 17.0. The molecule has 5 nitrogen and oxygen atoms in total. The molecule has 8 heteroatoms. The summed E-state index contributed by atoms with van der Waals surface area (Å²) in [7, 11) is 0. The Bertz CT molecular complexity index is 1100. The number of carbonyl (C=O) groups is 1. The quantitative estimate of drug-likeness (QED) is 0.472. The lowest BCUT2D eigenvalue weighted by Crippen LogP contribution is -2.14. The molecule has 0 unspecified atom stereocenters. The fourth-order valence-corrected chi connectivity index (χ4v) is 3.27. The smallest absolute Gasteiger partial charge is 0.416 e. The van der Waals surface area contributed by atoms with Gasteiger partial charge in [0.1, 0.15) is 12.4 Å². The van der Waals surface area contributed by atoms with Crippen LogP contribution >= 0.6 is 0 Å². The van der Waals surface area contributed by atoms with Gasteiger partial charge in [-0.3, -0.25) is 4.79 Å². The van der Waals surface area contributed by atoms with Crippen LogP contribution < -0.4 is 10.5 Å². The second kappa shape index (κ2) is 9.84. The number of hydrogen-bond acceptors (Lipinski definition) is 4. The third-order valence-electron chi connectivity index (χ3n) is 4.87. The number of aliphatic carboxylic acids is 1.